The number of hydrogen-bond acceptors (Lipinski definition) is 6. The number of nitrogens with one attached hydrogen (secondary N) is 1. The lowest BCUT2D eigenvalue weighted by molar-refractivity contribution is 0.0572. The van der Waals surface area contributed by atoms with Crippen LogP contribution in [0.25, 0.3) is 0 Å². The van der Waals surface area contributed by atoms with Gasteiger partial charge in [-0.3, -0.25) is 4.79 Å². The van der Waals surface area contributed by atoms with E-state index in [1.54, 1.807) is 0 Å². The lowest BCUT2D eigenvalue weighted by Gasteiger charge is -2.14. The molecule has 0 bridgehead atoms. The number of carbonyl (C=O) groups excluding carboxylic acids is 1. The quantitative estimate of drug-likeness (QED) is 0.644. The normalized spacial score (nSPS) is 23.2. The van der Waals surface area contributed by atoms with Crippen molar-refractivity contribution in [3.8, 4) is 0 Å². The molecule has 1 aromatic heterocycles. The van der Waals surface area contributed by atoms with E-state index in [1.807, 2.05) is 6.92 Å². The topological polar surface area (TPSA) is 98.6 Å². The van der Waals surface area contributed by atoms with Crippen LogP contribution in [0.5, 0.6) is 0 Å². The summed E-state index contributed by atoms with van der Waals surface area (Å²) in [5, 5.41) is 21.8. The maximum absolute atomic E-state index is 12.0. The van der Waals surface area contributed by atoms with Gasteiger partial charge in [0, 0.05) is 19.6 Å². The average Bonchev–Trinajstić information content (AvgIpc) is 2.70. The van der Waals surface area contributed by atoms with Crippen LogP contribution in [0, 0.1) is 0 Å². The van der Waals surface area contributed by atoms with Crippen molar-refractivity contribution in [3.63, 3.8) is 0 Å². The number of anilines is 1. The Labute approximate surface area is 104 Å². The summed E-state index contributed by atoms with van der Waals surface area (Å²) < 4.78 is 0. The third-order valence-electron chi connectivity index (χ3n) is 2.78. The number of aliphatic hydroxyl groups is 2. The Morgan fingerprint density at radius 3 is 2.56 bits per heavy atom. The summed E-state index contributed by atoms with van der Waals surface area (Å²) in [5.41, 5.74) is 0.206. The van der Waals surface area contributed by atoms with Crippen LogP contribution in [0.15, 0.2) is 12.4 Å². The molecule has 18 heavy (non-hydrogen) atoms. The Balaban J connectivity index is 2.05. The average molecular weight is 252 g/mol. The van der Waals surface area contributed by atoms with Gasteiger partial charge in [-0.25, -0.2) is 9.97 Å². The van der Waals surface area contributed by atoms with Crippen molar-refractivity contribution < 1.29 is 15.0 Å². The summed E-state index contributed by atoms with van der Waals surface area (Å²) in [7, 11) is 0. The molecule has 2 rings (SSSR count). The van der Waals surface area contributed by atoms with Crippen LogP contribution in [0.2, 0.25) is 0 Å². The minimum Gasteiger partial charge on any atom is -0.388 e. The molecule has 2 unspecified atom stereocenters. The van der Waals surface area contributed by atoms with Crippen molar-refractivity contribution in [2.75, 3.05) is 25.0 Å². The molecular formula is C11H16N4O3. The first-order chi connectivity index (χ1) is 8.61. The van der Waals surface area contributed by atoms with Crippen LogP contribution in [-0.4, -0.2) is 62.8 Å². The van der Waals surface area contributed by atoms with E-state index in [1.165, 1.54) is 17.3 Å². The van der Waals surface area contributed by atoms with E-state index in [0.29, 0.717) is 5.82 Å². The first kappa shape index (κ1) is 12.7. The molecular weight excluding hydrogens is 236 g/mol. The minimum absolute atomic E-state index is 0.122. The van der Waals surface area contributed by atoms with Crippen LogP contribution in [0.1, 0.15) is 17.4 Å². The van der Waals surface area contributed by atoms with Gasteiger partial charge >= 0.3 is 0 Å². The number of aliphatic hydroxyl groups excluding tert-OH is 2. The lowest BCUT2D eigenvalue weighted by Crippen LogP contribution is -2.30. The fourth-order valence-corrected chi connectivity index (χ4v) is 1.81. The zero-order chi connectivity index (χ0) is 13.1. The molecule has 0 aliphatic carbocycles. The minimum atomic E-state index is -0.886. The fraction of sp³-hybridized carbons (Fsp3) is 0.545. The Morgan fingerprint density at radius 1 is 1.39 bits per heavy atom. The van der Waals surface area contributed by atoms with Crippen molar-refractivity contribution in [1.29, 1.82) is 0 Å². The fourth-order valence-electron chi connectivity index (χ4n) is 1.81. The van der Waals surface area contributed by atoms with Crippen molar-refractivity contribution in [3.05, 3.63) is 18.1 Å². The van der Waals surface area contributed by atoms with Gasteiger partial charge in [-0.1, -0.05) is 0 Å². The number of rotatable bonds is 3. The first-order valence-electron chi connectivity index (χ1n) is 5.83. The molecule has 1 fully saturated rings. The van der Waals surface area contributed by atoms with Gasteiger partial charge in [-0.2, -0.15) is 0 Å². The third kappa shape index (κ3) is 2.57. The second kappa shape index (κ2) is 5.28. The number of hydrogen-bond donors (Lipinski definition) is 3. The summed E-state index contributed by atoms with van der Waals surface area (Å²) in [4.78, 5) is 21.4. The number of nitrogens with zero attached hydrogens (tertiary/aromatic N) is 3. The smallest absolute Gasteiger partial charge is 0.274 e. The van der Waals surface area contributed by atoms with E-state index >= 15 is 0 Å². The summed E-state index contributed by atoms with van der Waals surface area (Å²) in [6.07, 6.45) is 1.10. The molecule has 0 spiro atoms. The van der Waals surface area contributed by atoms with Gasteiger partial charge in [-0.05, 0) is 6.92 Å². The predicted octanol–water partition coefficient (Wildman–Crippen LogP) is -0.914. The molecule has 2 atom stereocenters. The summed E-state index contributed by atoms with van der Waals surface area (Å²) in [5.74, 6) is 0.275. The van der Waals surface area contributed by atoms with E-state index in [2.05, 4.69) is 15.3 Å². The standard InChI is InChI=1S/C11H16N4O3/c1-2-12-10-4-13-7(3-14-10)11(18)15-5-8(16)9(17)6-15/h3-4,8-9,16-17H,2,5-6H2,1H3,(H,12,14). The lowest BCUT2D eigenvalue weighted by atomic mass is 10.3. The van der Waals surface area contributed by atoms with Crippen LogP contribution >= 0.6 is 0 Å². The zero-order valence-electron chi connectivity index (χ0n) is 10.1. The molecule has 1 aromatic rings. The van der Waals surface area contributed by atoms with Crippen molar-refractivity contribution in [2.24, 2.45) is 0 Å². The van der Waals surface area contributed by atoms with E-state index in [4.69, 9.17) is 0 Å². The number of β-amino-alcohol motifs (C(OH)–C–C–N with tert-alkyl or cyclic N) is 2. The number of carbonyl (C=O) groups is 1. The van der Waals surface area contributed by atoms with Crippen molar-refractivity contribution >= 4 is 11.7 Å². The molecule has 0 aromatic carbocycles. The largest absolute Gasteiger partial charge is 0.388 e. The highest BCUT2D eigenvalue weighted by Crippen LogP contribution is 2.13. The molecule has 7 heteroatoms. The van der Waals surface area contributed by atoms with Gasteiger partial charge in [0.2, 0.25) is 0 Å². The first-order valence-corrected chi connectivity index (χ1v) is 5.83. The van der Waals surface area contributed by atoms with Gasteiger partial charge in [0.15, 0.2) is 0 Å². The van der Waals surface area contributed by atoms with Crippen LogP contribution in [0.4, 0.5) is 5.82 Å². The SMILES string of the molecule is CCNc1cnc(C(=O)N2CC(O)C(O)C2)cn1. The molecule has 1 amide bonds. The second-order valence-electron chi connectivity index (χ2n) is 4.16. The van der Waals surface area contributed by atoms with Crippen LogP contribution < -0.4 is 5.32 Å². The molecule has 3 N–H and O–H groups in total. The molecule has 2 heterocycles. The maximum atomic E-state index is 12.0. The summed E-state index contributed by atoms with van der Waals surface area (Å²) >= 11 is 0. The van der Waals surface area contributed by atoms with Gasteiger partial charge in [0.25, 0.3) is 5.91 Å². The van der Waals surface area contributed by atoms with Gasteiger partial charge in [0.05, 0.1) is 24.6 Å². The van der Waals surface area contributed by atoms with Gasteiger partial charge in [-0.15, -0.1) is 0 Å². The number of amides is 1. The van der Waals surface area contributed by atoms with Crippen LogP contribution in [-0.2, 0) is 0 Å². The van der Waals surface area contributed by atoms with Crippen molar-refractivity contribution in [1.82, 2.24) is 14.9 Å². The molecule has 7 nitrogen and oxygen atoms in total. The molecule has 0 radical (unpaired) electrons. The zero-order valence-corrected chi connectivity index (χ0v) is 10.1. The Hall–Kier alpha value is -1.73. The molecule has 1 aliphatic heterocycles. The summed E-state index contributed by atoms with van der Waals surface area (Å²) in [6, 6.07) is 0. The second-order valence-corrected chi connectivity index (χ2v) is 4.16. The van der Waals surface area contributed by atoms with Crippen molar-refractivity contribution in [2.45, 2.75) is 19.1 Å². The van der Waals surface area contributed by atoms with Gasteiger partial charge in [0.1, 0.15) is 11.5 Å². The molecule has 98 valence electrons. The van der Waals surface area contributed by atoms with E-state index in [-0.39, 0.29) is 24.7 Å². The van der Waals surface area contributed by atoms with E-state index < -0.39 is 12.2 Å². The highest BCUT2D eigenvalue weighted by Gasteiger charge is 2.33. The number of aromatic nitrogens is 2. The molecule has 0 saturated carbocycles. The summed E-state index contributed by atoms with van der Waals surface area (Å²) in [6.45, 7) is 2.91. The van der Waals surface area contributed by atoms with E-state index in [9.17, 15) is 15.0 Å². The Kier molecular flexibility index (Phi) is 3.73. The van der Waals surface area contributed by atoms with Crippen LogP contribution in [0.3, 0.4) is 0 Å². The highest BCUT2D eigenvalue weighted by molar-refractivity contribution is 5.92. The highest BCUT2D eigenvalue weighted by atomic mass is 16.3. The Bertz CT molecular complexity index is 413. The monoisotopic (exact) mass is 252 g/mol. The molecule has 1 aliphatic rings. The number of likely N-dealkylation sites (tertiary alicyclic amines) is 1. The molecule has 1 saturated heterocycles. The maximum Gasteiger partial charge on any atom is 0.274 e. The van der Waals surface area contributed by atoms with Gasteiger partial charge < -0.3 is 20.4 Å². The predicted molar refractivity (Wildman–Crippen MR) is 64.1 cm³/mol. The van der Waals surface area contributed by atoms with E-state index in [0.717, 1.165) is 6.54 Å². The Morgan fingerprint density at radius 2 is 2.06 bits per heavy atom. The third-order valence-corrected chi connectivity index (χ3v) is 2.78.